The third-order valence-electron chi connectivity index (χ3n) is 6.29. The summed E-state index contributed by atoms with van der Waals surface area (Å²) < 4.78 is 26.7. The van der Waals surface area contributed by atoms with Crippen LogP contribution in [0.3, 0.4) is 0 Å². The third kappa shape index (κ3) is 4.70. The fourth-order valence-corrected chi connectivity index (χ4v) is 5.48. The molecule has 1 aromatic heterocycles. The van der Waals surface area contributed by atoms with E-state index in [1.807, 2.05) is 55.5 Å². The Morgan fingerprint density at radius 3 is 2.53 bits per heavy atom. The smallest absolute Gasteiger partial charge is 0.338 e. The zero-order valence-corrected chi connectivity index (χ0v) is 21.9. The summed E-state index contributed by atoms with van der Waals surface area (Å²) in [6.07, 6.45) is 1.78. The number of carbonyl (C=O) groups excluding carboxylic acids is 1. The molecule has 1 aliphatic rings. The second kappa shape index (κ2) is 10.6. The minimum absolute atomic E-state index is 0.153. The zero-order valence-electron chi connectivity index (χ0n) is 21.1. The highest BCUT2D eigenvalue weighted by molar-refractivity contribution is 7.07. The van der Waals surface area contributed by atoms with Crippen LogP contribution in [0.5, 0.6) is 5.75 Å². The number of aromatic nitrogens is 1. The Labute approximate surface area is 222 Å². The molecule has 0 bridgehead atoms. The van der Waals surface area contributed by atoms with Crippen LogP contribution in [0.2, 0.25) is 0 Å². The Hall–Kier alpha value is -4.30. The Bertz CT molecular complexity index is 1720. The van der Waals surface area contributed by atoms with Gasteiger partial charge in [0, 0.05) is 5.56 Å². The third-order valence-corrected chi connectivity index (χ3v) is 7.27. The minimum Gasteiger partial charge on any atom is -0.496 e. The van der Waals surface area contributed by atoms with E-state index in [-0.39, 0.29) is 17.7 Å². The first kappa shape index (κ1) is 25.4. The Balaban J connectivity index is 1.81. The Kier molecular flexibility index (Phi) is 7.07. The van der Waals surface area contributed by atoms with Crippen LogP contribution in [0.1, 0.15) is 35.2 Å². The second-order valence-electron chi connectivity index (χ2n) is 8.71. The molecule has 38 heavy (non-hydrogen) atoms. The number of fused-ring (bicyclic) bond motifs is 1. The van der Waals surface area contributed by atoms with Crippen LogP contribution in [0.15, 0.2) is 88.2 Å². The highest BCUT2D eigenvalue weighted by Crippen LogP contribution is 2.35. The van der Waals surface area contributed by atoms with Crippen molar-refractivity contribution in [2.75, 3.05) is 13.7 Å². The number of hydrogen-bond acceptors (Lipinski definition) is 6. The van der Waals surface area contributed by atoms with Crippen molar-refractivity contribution in [3.8, 4) is 5.75 Å². The number of ether oxygens (including phenoxy) is 2. The standard InChI is InChI=1S/C30H25FN2O4S/c1-4-37-29(35)25-26(20-8-6-5-7-9-20)32-30-33(27(25)21-12-14-22(31)15-13-21)28(34)24(38-30)17-19-11-10-18(2)23(16-19)36-3/h5-17,27H,4H2,1-3H3/b24-17-/t27-/m1/s1. The summed E-state index contributed by atoms with van der Waals surface area (Å²) in [6.45, 7) is 3.82. The van der Waals surface area contributed by atoms with Gasteiger partial charge in [0.05, 0.1) is 35.6 Å². The molecule has 0 fully saturated rings. The van der Waals surface area contributed by atoms with Gasteiger partial charge in [-0.25, -0.2) is 14.2 Å². The summed E-state index contributed by atoms with van der Waals surface area (Å²) in [5.74, 6) is -0.284. The predicted octanol–water partition coefficient (Wildman–Crippen LogP) is 4.39. The van der Waals surface area contributed by atoms with Gasteiger partial charge in [-0.1, -0.05) is 65.9 Å². The first-order valence-electron chi connectivity index (χ1n) is 12.1. The SMILES string of the molecule is CCOC(=O)C1=C(c2ccccc2)N=c2s/c(=C\c3ccc(C)c(OC)c3)c(=O)n2[C@@H]1c1ccc(F)cc1. The van der Waals surface area contributed by atoms with Gasteiger partial charge in [-0.2, -0.15) is 0 Å². The first-order valence-corrected chi connectivity index (χ1v) is 12.9. The van der Waals surface area contributed by atoms with Crippen LogP contribution in [-0.2, 0) is 9.53 Å². The van der Waals surface area contributed by atoms with E-state index >= 15 is 0 Å². The number of carbonyl (C=O) groups is 1. The summed E-state index contributed by atoms with van der Waals surface area (Å²) in [6, 6.07) is 19.9. The summed E-state index contributed by atoms with van der Waals surface area (Å²) >= 11 is 1.23. The van der Waals surface area contributed by atoms with Crippen LogP contribution < -0.4 is 19.6 Å². The maximum Gasteiger partial charge on any atom is 0.338 e. The highest BCUT2D eigenvalue weighted by atomic mass is 32.1. The maximum atomic E-state index is 13.9. The van der Waals surface area contributed by atoms with Crippen molar-refractivity contribution >= 4 is 29.1 Å². The highest BCUT2D eigenvalue weighted by Gasteiger charge is 2.35. The Morgan fingerprint density at radius 2 is 1.84 bits per heavy atom. The van der Waals surface area contributed by atoms with Gasteiger partial charge in [0.15, 0.2) is 4.80 Å². The molecule has 0 unspecified atom stereocenters. The second-order valence-corrected chi connectivity index (χ2v) is 9.72. The van der Waals surface area contributed by atoms with Crippen molar-refractivity contribution in [1.29, 1.82) is 0 Å². The number of methoxy groups -OCH3 is 1. The summed E-state index contributed by atoms with van der Waals surface area (Å²) in [4.78, 5) is 32.5. The van der Waals surface area contributed by atoms with Gasteiger partial charge in [0.25, 0.3) is 5.56 Å². The molecule has 4 aromatic rings. The van der Waals surface area contributed by atoms with Crippen molar-refractivity contribution in [2.45, 2.75) is 19.9 Å². The molecule has 0 N–H and O–H groups in total. The van der Waals surface area contributed by atoms with E-state index in [4.69, 9.17) is 14.5 Å². The first-order chi connectivity index (χ1) is 18.4. The molecule has 0 aliphatic carbocycles. The average molecular weight is 529 g/mol. The lowest BCUT2D eigenvalue weighted by atomic mass is 9.93. The maximum absolute atomic E-state index is 13.9. The molecule has 0 saturated carbocycles. The van der Waals surface area contributed by atoms with Crippen molar-refractivity contribution < 1.29 is 18.7 Å². The fourth-order valence-electron chi connectivity index (χ4n) is 4.48. The van der Waals surface area contributed by atoms with E-state index in [0.29, 0.717) is 31.9 Å². The molecule has 0 amide bonds. The predicted molar refractivity (Wildman–Crippen MR) is 145 cm³/mol. The molecular weight excluding hydrogens is 503 g/mol. The van der Waals surface area contributed by atoms with Gasteiger partial charge >= 0.3 is 5.97 Å². The molecule has 0 saturated heterocycles. The quantitative estimate of drug-likeness (QED) is 0.348. The van der Waals surface area contributed by atoms with Crippen LogP contribution in [-0.4, -0.2) is 24.3 Å². The number of aryl methyl sites for hydroxylation is 1. The van der Waals surface area contributed by atoms with Crippen molar-refractivity contribution in [1.82, 2.24) is 4.57 Å². The van der Waals surface area contributed by atoms with Crippen LogP contribution >= 0.6 is 11.3 Å². The topological polar surface area (TPSA) is 69.9 Å². The van der Waals surface area contributed by atoms with Crippen LogP contribution in [0.25, 0.3) is 11.8 Å². The molecule has 1 aliphatic heterocycles. The summed E-state index contributed by atoms with van der Waals surface area (Å²) in [5.41, 5.74) is 3.39. The van der Waals surface area contributed by atoms with Gasteiger partial charge < -0.3 is 9.47 Å². The van der Waals surface area contributed by atoms with Crippen molar-refractivity contribution in [3.05, 3.63) is 126 Å². The normalized spacial score (nSPS) is 15.2. The molecule has 192 valence electrons. The van der Waals surface area contributed by atoms with E-state index in [1.54, 1.807) is 32.2 Å². The van der Waals surface area contributed by atoms with E-state index in [9.17, 15) is 14.0 Å². The van der Waals surface area contributed by atoms with Crippen molar-refractivity contribution in [3.63, 3.8) is 0 Å². The van der Waals surface area contributed by atoms with Gasteiger partial charge in [0.2, 0.25) is 0 Å². The summed E-state index contributed by atoms with van der Waals surface area (Å²) in [7, 11) is 1.60. The molecule has 5 rings (SSSR count). The number of nitrogens with zero attached hydrogens (tertiary/aromatic N) is 2. The Morgan fingerprint density at radius 1 is 1.11 bits per heavy atom. The van der Waals surface area contributed by atoms with Gasteiger partial charge in [-0.3, -0.25) is 9.36 Å². The number of halogens is 1. The zero-order chi connectivity index (χ0) is 26.8. The number of rotatable bonds is 6. The molecule has 0 spiro atoms. The molecule has 1 atom stereocenters. The van der Waals surface area contributed by atoms with Crippen LogP contribution in [0.4, 0.5) is 4.39 Å². The molecule has 2 heterocycles. The lowest BCUT2D eigenvalue weighted by molar-refractivity contribution is -0.138. The van der Waals surface area contributed by atoms with Crippen molar-refractivity contribution in [2.24, 2.45) is 4.99 Å². The molecular formula is C30H25FN2O4S. The molecule has 8 heteroatoms. The van der Waals surface area contributed by atoms with Gasteiger partial charge in [-0.15, -0.1) is 0 Å². The summed E-state index contributed by atoms with van der Waals surface area (Å²) in [5, 5.41) is 0. The lowest BCUT2D eigenvalue weighted by Crippen LogP contribution is -2.40. The largest absolute Gasteiger partial charge is 0.496 e. The lowest BCUT2D eigenvalue weighted by Gasteiger charge is -2.25. The average Bonchev–Trinajstić information content (AvgIpc) is 3.24. The fraction of sp³-hybridized carbons (Fsp3) is 0.167. The monoisotopic (exact) mass is 528 g/mol. The van der Waals surface area contributed by atoms with Crippen LogP contribution in [0, 0.1) is 12.7 Å². The minimum atomic E-state index is -0.851. The van der Waals surface area contributed by atoms with E-state index < -0.39 is 17.8 Å². The van der Waals surface area contributed by atoms with Gasteiger partial charge in [-0.05, 0) is 54.8 Å². The van der Waals surface area contributed by atoms with E-state index in [2.05, 4.69) is 0 Å². The number of esters is 1. The van der Waals surface area contributed by atoms with Gasteiger partial charge in [0.1, 0.15) is 11.6 Å². The number of hydrogen-bond donors (Lipinski definition) is 0. The number of benzene rings is 3. The number of thiazole rings is 1. The molecule has 3 aromatic carbocycles. The van der Waals surface area contributed by atoms with E-state index in [1.165, 1.54) is 28.0 Å². The molecule has 6 nitrogen and oxygen atoms in total. The van der Waals surface area contributed by atoms with E-state index in [0.717, 1.165) is 11.1 Å². The molecule has 0 radical (unpaired) electrons.